The molecular weight excluding hydrogens is 264 g/mol. The zero-order valence-electron chi connectivity index (χ0n) is 13.6. The highest BCUT2D eigenvalue weighted by atomic mass is 16.5. The van der Waals surface area contributed by atoms with E-state index in [1.165, 1.54) is 0 Å². The van der Waals surface area contributed by atoms with Gasteiger partial charge >= 0.3 is 0 Å². The van der Waals surface area contributed by atoms with Gasteiger partial charge in [-0.2, -0.15) is 0 Å². The summed E-state index contributed by atoms with van der Waals surface area (Å²) >= 11 is 0. The molecule has 1 aromatic carbocycles. The van der Waals surface area contributed by atoms with Gasteiger partial charge in [-0.25, -0.2) is 0 Å². The van der Waals surface area contributed by atoms with E-state index in [9.17, 15) is 4.79 Å². The van der Waals surface area contributed by atoms with E-state index in [0.717, 1.165) is 41.0 Å². The topological polar surface area (TPSA) is 34.5 Å². The van der Waals surface area contributed by atoms with E-state index in [4.69, 9.17) is 4.74 Å². The SMILES string of the molecule is CCN(CC)Cc1c(C)n(C)c2ccc(OC)cc2c1=O. The third-order valence-corrected chi connectivity index (χ3v) is 4.30. The van der Waals surface area contributed by atoms with Crippen molar-refractivity contribution in [2.24, 2.45) is 7.05 Å². The first-order valence-electron chi connectivity index (χ1n) is 7.42. The van der Waals surface area contributed by atoms with Gasteiger partial charge in [0.15, 0.2) is 5.43 Å². The predicted octanol–water partition coefficient (Wildman–Crippen LogP) is 2.70. The fourth-order valence-electron chi connectivity index (χ4n) is 2.68. The highest BCUT2D eigenvalue weighted by Crippen LogP contribution is 2.20. The van der Waals surface area contributed by atoms with Crippen molar-refractivity contribution in [1.82, 2.24) is 9.47 Å². The van der Waals surface area contributed by atoms with Crippen molar-refractivity contribution < 1.29 is 4.74 Å². The zero-order valence-corrected chi connectivity index (χ0v) is 13.6. The molecule has 0 fully saturated rings. The van der Waals surface area contributed by atoms with E-state index >= 15 is 0 Å². The largest absolute Gasteiger partial charge is 0.497 e. The smallest absolute Gasteiger partial charge is 0.194 e. The molecule has 0 saturated carbocycles. The van der Waals surface area contributed by atoms with E-state index in [1.807, 2.05) is 32.2 Å². The van der Waals surface area contributed by atoms with E-state index in [2.05, 4.69) is 23.3 Å². The molecule has 0 bridgehead atoms. The van der Waals surface area contributed by atoms with Crippen molar-refractivity contribution in [2.45, 2.75) is 27.3 Å². The van der Waals surface area contributed by atoms with Gasteiger partial charge < -0.3 is 9.30 Å². The number of hydrogen-bond donors (Lipinski definition) is 0. The molecule has 0 aliphatic carbocycles. The number of hydrogen-bond acceptors (Lipinski definition) is 3. The number of benzene rings is 1. The van der Waals surface area contributed by atoms with Crippen molar-refractivity contribution in [1.29, 1.82) is 0 Å². The molecule has 0 radical (unpaired) electrons. The van der Waals surface area contributed by atoms with Crippen LogP contribution in [0.3, 0.4) is 0 Å². The van der Waals surface area contributed by atoms with Crippen molar-refractivity contribution >= 4 is 10.9 Å². The van der Waals surface area contributed by atoms with Gasteiger partial charge in [-0.15, -0.1) is 0 Å². The van der Waals surface area contributed by atoms with E-state index in [-0.39, 0.29) is 5.43 Å². The number of fused-ring (bicyclic) bond motifs is 1. The summed E-state index contributed by atoms with van der Waals surface area (Å²) in [7, 11) is 3.63. The van der Waals surface area contributed by atoms with Crippen LogP contribution in [0.15, 0.2) is 23.0 Å². The molecule has 114 valence electrons. The van der Waals surface area contributed by atoms with Crippen LogP contribution in [0.2, 0.25) is 0 Å². The second kappa shape index (κ2) is 6.31. The lowest BCUT2D eigenvalue weighted by Gasteiger charge is -2.21. The zero-order chi connectivity index (χ0) is 15.6. The van der Waals surface area contributed by atoms with Gasteiger partial charge in [-0.3, -0.25) is 9.69 Å². The van der Waals surface area contributed by atoms with Gasteiger partial charge in [0.25, 0.3) is 0 Å². The molecule has 1 heterocycles. The van der Waals surface area contributed by atoms with Crippen LogP contribution in [-0.2, 0) is 13.6 Å². The number of pyridine rings is 1. The fourth-order valence-corrected chi connectivity index (χ4v) is 2.68. The van der Waals surface area contributed by atoms with Crippen molar-refractivity contribution in [3.8, 4) is 5.75 Å². The molecule has 4 nitrogen and oxygen atoms in total. The first-order valence-corrected chi connectivity index (χ1v) is 7.42. The van der Waals surface area contributed by atoms with Crippen molar-refractivity contribution in [3.63, 3.8) is 0 Å². The number of aryl methyl sites for hydroxylation is 1. The quantitative estimate of drug-likeness (QED) is 0.848. The number of ether oxygens (including phenoxy) is 1. The van der Waals surface area contributed by atoms with Crippen LogP contribution < -0.4 is 10.2 Å². The predicted molar refractivity (Wildman–Crippen MR) is 87.1 cm³/mol. The van der Waals surface area contributed by atoms with Crippen LogP contribution in [0.4, 0.5) is 0 Å². The van der Waals surface area contributed by atoms with E-state index in [0.29, 0.717) is 6.54 Å². The van der Waals surface area contributed by atoms with Crippen LogP contribution in [0.5, 0.6) is 5.75 Å². The standard InChI is InChI=1S/C17H24N2O2/c1-6-19(7-2)11-15-12(3)18(4)16-9-8-13(21-5)10-14(16)17(15)20/h8-10H,6-7,11H2,1-5H3. The Morgan fingerprint density at radius 2 is 1.90 bits per heavy atom. The number of rotatable bonds is 5. The molecule has 2 rings (SSSR count). The highest BCUT2D eigenvalue weighted by Gasteiger charge is 2.14. The Labute approximate surface area is 125 Å². The van der Waals surface area contributed by atoms with Gasteiger partial charge in [-0.05, 0) is 38.2 Å². The Hall–Kier alpha value is -1.81. The second-order valence-corrected chi connectivity index (χ2v) is 5.30. The summed E-state index contributed by atoms with van der Waals surface area (Å²) in [6.45, 7) is 8.83. The first kappa shape index (κ1) is 15.6. The lowest BCUT2D eigenvalue weighted by molar-refractivity contribution is 0.294. The molecule has 0 aliphatic heterocycles. The molecule has 4 heteroatoms. The molecule has 0 atom stereocenters. The summed E-state index contributed by atoms with van der Waals surface area (Å²) in [4.78, 5) is 15.1. The summed E-state index contributed by atoms with van der Waals surface area (Å²) in [6.07, 6.45) is 0. The maximum atomic E-state index is 12.8. The molecule has 1 aromatic heterocycles. The summed E-state index contributed by atoms with van der Waals surface area (Å²) < 4.78 is 7.34. The average Bonchev–Trinajstić information content (AvgIpc) is 2.52. The lowest BCUT2D eigenvalue weighted by Crippen LogP contribution is -2.28. The van der Waals surface area contributed by atoms with Gasteiger partial charge in [0.2, 0.25) is 0 Å². The summed E-state index contributed by atoms with van der Waals surface area (Å²) in [6, 6.07) is 5.68. The van der Waals surface area contributed by atoms with Gasteiger partial charge in [0.05, 0.1) is 12.6 Å². The van der Waals surface area contributed by atoms with E-state index < -0.39 is 0 Å². The van der Waals surface area contributed by atoms with Crippen LogP contribution in [0.25, 0.3) is 10.9 Å². The fraction of sp³-hybridized carbons (Fsp3) is 0.471. The Morgan fingerprint density at radius 1 is 1.24 bits per heavy atom. The maximum absolute atomic E-state index is 12.8. The summed E-state index contributed by atoms with van der Waals surface area (Å²) in [5, 5.41) is 0.726. The van der Waals surface area contributed by atoms with Crippen LogP contribution in [-0.4, -0.2) is 29.7 Å². The number of aromatic nitrogens is 1. The lowest BCUT2D eigenvalue weighted by atomic mass is 10.1. The summed E-state index contributed by atoms with van der Waals surface area (Å²) in [5.74, 6) is 0.720. The second-order valence-electron chi connectivity index (χ2n) is 5.30. The minimum atomic E-state index is 0.117. The highest BCUT2D eigenvalue weighted by molar-refractivity contribution is 5.81. The van der Waals surface area contributed by atoms with Gasteiger partial charge in [0.1, 0.15) is 5.75 Å². The molecule has 0 aliphatic rings. The van der Waals surface area contributed by atoms with E-state index in [1.54, 1.807) is 7.11 Å². The van der Waals surface area contributed by atoms with Gasteiger partial charge in [-0.1, -0.05) is 13.8 Å². The molecule has 0 spiro atoms. The molecule has 0 saturated heterocycles. The van der Waals surface area contributed by atoms with Crippen LogP contribution in [0, 0.1) is 6.92 Å². The molecule has 0 amide bonds. The van der Waals surface area contributed by atoms with Crippen molar-refractivity contribution in [3.05, 3.63) is 39.7 Å². The normalized spacial score (nSPS) is 11.3. The first-order chi connectivity index (χ1) is 10.0. The van der Waals surface area contributed by atoms with Gasteiger partial charge in [0, 0.05) is 30.2 Å². The Morgan fingerprint density at radius 3 is 2.48 bits per heavy atom. The van der Waals surface area contributed by atoms with Crippen LogP contribution in [0.1, 0.15) is 25.1 Å². The number of nitrogens with zero attached hydrogens (tertiary/aromatic N) is 2. The monoisotopic (exact) mass is 288 g/mol. The van der Waals surface area contributed by atoms with Crippen LogP contribution >= 0.6 is 0 Å². The third-order valence-electron chi connectivity index (χ3n) is 4.30. The number of methoxy groups -OCH3 is 1. The molecule has 0 N–H and O–H groups in total. The summed E-state index contributed by atoms with van der Waals surface area (Å²) in [5.41, 5.74) is 2.97. The van der Waals surface area contributed by atoms with Crippen molar-refractivity contribution in [2.75, 3.05) is 20.2 Å². The molecule has 0 unspecified atom stereocenters. The third kappa shape index (κ3) is 2.81. The molecular formula is C17H24N2O2. The Bertz CT molecular complexity index is 700. The minimum Gasteiger partial charge on any atom is -0.497 e. The Balaban J connectivity index is 2.68. The average molecular weight is 288 g/mol. The Kier molecular flexibility index (Phi) is 4.68. The molecule has 2 aromatic rings. The minimum absolute atomic E-state index is 0.117. The molecule has 21 heavy (non-hydrogen) atoms. The maximum Gasteiger partial charge on any atom is 0.194 e.